The second-order valence-corrected chi connectivity index (χ2v) is 5.74. The lowest BCUT2D eigenvalue weighted by molar-refractivity contribution is 0.0117. The van der Waals surface area contributed by atoms with E-state index in [4.69, 9.17) is 4.74 Å². The molecule has 1 unspecified atom stereocenters. The molecule has 1 rings (SSSR count). The molecule has 0 spiro atoms. The maximum absolute atomic E-state index is 13.2. The van der Waals surface area contributed by atoms with Gasteiger partial charge in [0.05, 0.1) is 5.60 Å². The fraction of sp³-hybridized carbons (Fsp3) is 0.625. The lowest BCUT2D eigenvalue weighted by atomic mass is 9.95. The minimum absolute atomic E-state index is 0.180. The summed E-state index contributed by atoms with van der Waals surface area (Å²) in [5.41, 5.74) is 0.504. The summed E-state index contributed by atoms with van der Waals surface area (Å²) < 4.78 is 31.8. The van der Waals surface area contributed by atoms with E-state index in [2.05, 4.69) is 5.32 Å². The Hall–Kier alpha value is -1.00. The molecule has 114 valence electrons. The van der Waals surface area contributed by atoms with Gasteiger partial charge in [-0.05, 0) is 57.4 Å². The standard InChI is InChI=1S/C16H25F2NO/c1-5-19-15(6-7-16(2,3)20-4)10-12-8-13(17)11-14(18)9-12/h8-9,11,15,19H,5-7,10H2,1-4H3. The average molecular weight is 285 g/mol. The second-order valence-electron chi connectivity index (χ2n) is 5.74. The molecule has 0 amide bonds. The molecular weight excluding hydrogens is 260 g/mol. The molecule has 0 aliphatic carbocycles. The van der Waals surface area contributed by atoms with Gasteiger partial charge in [-0.2, -0.15) is 0 Å². The summed E-state index contributed by atoms with van der Waals surface area (Å²) in [6.07, 6.45) is 2.40. The van der Waals surface area contributed by atoms with Gasteiger partial charge < -0.3 is 10.1 Å². The van der Waals surface area contributed by atoms with Gasteiger partial charge in [-0.1, -0.05) is 6.92 Å². The molecule has 1 N–H and O–H groups in total. The fourth-order valence-electron chi connectivity index (χ4n) is 2.20. The average Bonchev–Trinajstić information content (AvgIpc) is 2.35. The highest BCUT2D eigenvalue weighted by Crippen LogP contribution is 2.19. The van der Waals surface area contributed by atoms with Gasteiger partial charge >= 0.3 is 0 Å². The topological polar surface area (TPSA) is 21.3 Å². The molecular formula is C16H25F2NO. The van der Waals surface area contributed by atoms with Crippen LogP contribution in [0.1, 0.15) is 39.2 Å². The van der Waals surface area contributed by atoms with Crippen molar-refractivity contribution in [3.05, 3.63) is 35.4 Å². The molecule has 20 heavy (non-hydrogen) atoms. The van der Waals surface area contributed by atoms with Gasteiger partial charge in [-0.25, -0.2) is 8.78 Å². The Kier molecular flexibility index (Phi) is 6.56. The molecule has 0 heterocycles. The van der Waals surface area contributed by atoms with Gasteiger partial charge in [0.2, 0.25) is 0 Å². The Morgan fingerprint density at radius 1 is 1.20 bits per heavy atom. The van der Waals surface area contributed by atoms with Gasteiger partial charge in [0.25, 0.3) is 0 Å². The monoisotopic (exact) mass is 285 g/mol. The first-order valence-corrected chi connectivity index (χ1v) is 7.10. The molecule has 0 radical (unpaired) electrons. The van der Waals surface area contributed by atoms with E-state index in [1.54, 1.807) is 7.11 Å². The Labute approximate surface area is 120 Å². The summed E-state index contributed by atoms with van der Waals surface area (Å²) in [5.74, 6) is -1.04. The number of likely N-dealkylation sites (N-methyl/N-ethyl adjacent to an activating group) is 1. The first-order valence-electron chi connectivity index (χ1n) is 7.10. The van der Waals surface area contributed by atoms with Gasteiger partial charge in [0, 0.05) is 19.2 Å². The summed E-state index contributed by atoms with van der Waals surface area (Å²) in [6, 6.07) is 3.89. The number of rotatable bonds is 8. The van der Waals surface area contributed by atoms with Crippen molar-refractivity contribution in [2.24, 2.45) is 0 Å². The van der Waals surface area contributed by atoms with Crippen molar-refractivity contribution in [3.8, 4) is 0 Å². The fourth-order valence-corrected chi connectivity index (χ4v) is 2.20. The van der Waals surface area contributed by atoms with Crippen molar-refractivity contribution in [2.45, 2.75) is 51.7 Å². The van der Waals surface area contributed by atoms with Crippen LogP contribution in [0.5, 0.6) is 0 Å². The molecule has 0 saturated heterocycles. The SMILES string of the molecule is CCNC(CCC(C)(C)OC)Cc1cc(F)cc(F)c1. The van der Waals surface area contributed by atoms with Crippen LogP contribution in [0, 0.1) is 11.6 Å². The maximum atomic E-state index is 13.2. The van der Waals surface area contributed by atoms with Crippen LogP contribution in [0.3, 0.4) is 0 Å². The molecule has 1 atom stereocenters. The lowest BCUT2D eigenvalue weighted by Gasteiger charge is -2.26. The predicted octanol–water partition coefficient (Wildman–Crippen LogP) is 3.69. The molecule has 4 heteroatoms. The number of ether oxygens (including phenoxy) is 1. The molecule has 0 fully saturated rings. The molecule has 0 aromatic heterocycles. The molecule has 0 aliphatic rings. The zero-order valence-corrected chi connectivity index (χ0v) is 12.8. The third-order valence-corrected chi connectivity index (χ3v) is 3.54. The van der Waals surface area contributed by atoms with E-state index >= 15 is 0 Å². The van der Waals surface area contributed by atoms with Gasteiger partial charge in [0.15, 0.2) is 0 Å². The Balaban J connectivity index is 2.66. The molecule has 0 aliphatic heterocycles. The van der Waals surface area contributed by atoms with E-state index in [-0.39, 0.29) is 11.6 Å². The van der Waals surface area contributed by atoms with E-state index in [1.807, 2.05) is 20.8 Å². The lowest BCUT2D eigenvalue weighted by Crippen LogP contribution is -2.34. The van der Waals surface area contributed by atoms with E-state index in [0.717, 1.165) is 25.5 Å². The van der Waals surface area contributed by atoms with Crippen molar-refractivity contribution >= 4 is 0 Å². The van der Waals surface area contributed by atoms with Crippen molar-refractivity contribution < 1.29 is 13.5 Å². The van der Waals surface area contributed by atoms with E-state index in [0.29, 0.717) is 12.0 Å². The van der Waals surface area contributed by atoms with Crippen LogP contribution in [0.25, 0.3) is 0 Å². The largest absolute Gasteiger partial charge is 0.379 e. The Morgan fingerprint density at radius 2 is 1.80 bits per heavy atom. The third-order valence-electron chi connectivity index (χ3n) is 3.54. The summed E-state index contributed by atoms with van der Waals surface area (Å²) in [5, 5.41) is 3.37. The smallest absolute Gasteiger partial charge is 0.126 e. The quantitative estimate of drug-likeness (QED) is 0.786. The van der Waals surface area contributed by atoms with Crippen molar-refractivity contribution in [3.63, 3.8) is 0 Å². The molecule has 1 aromatic rings. The van der Waals surface area contributed by atoms with Crippen molar-refractivity contribution in [1.82, 2.24) is 5.32 Å². The number of methoxy groups -OCH3 is 1. The number of benzene rings is 1. The summed E-state index contributed by atoms with van der Waals surface area (Å²) in [4.78, 5) is 0. The van der Waals surface area contributed by atoms with Crippen LogP contribution in [0.15, 0.2) is 18.2 Å². The maximum Gasteiger partial charge on any atom is 0.126 e. The van der Waals surface area contributed by atoms with Gasteiger partial charge in [-0.15, -0.1) is 0 Å². The Bertz CT molecular complexity index is 401. The number of hydrogen-bond donors (Lipinski definition) is 1. The zero-order chi connectivity index (χ0) is 15.2. The van der Waals surface area contributed by atoms with Crippen LogP contribution in [-0.2, 0) is 11.2 Å². The highest BCUT2D eigenvalue weighted by molar-refractivity contribution is 5.19. The molecule has 0 bridgehead atoms. The van der Waals surface area contributed by atoms with Crippen LogP contribution in [0.2, 0.25) is 0 Å². The normalized spacial score (nSPS) is 13.5. The first kappa shape index (κ1) is 17.1. The minimum Gasteiger partial charge on any atom is -0.379 e. The molecule has 0 saturated carbocycles. The van der Waals surface area contributed by atoms with Crippen LogP contribution in [-0.4, -0.2) is 25.3 Å². The first-order chi connectivity index (χ1) is 9.36. The van der Waals surface area contributed by atoms with E-state index in [1.165, 1.54) is 12.1 Å². The highest BCUT2D eigenvalue weighted by atomic mass is 19.1. The number of hydrogen-bond acceptors (Lipinski definition) is 2. The second kappa shape index (κ2) is 7.70. The van der Waals surface area contributed by atoms with Crippen LogP contribution >= 0.6 is 0 Å². The summed E-state index contributed by atoms with van der Waals surface area (Å²) in [6.45, 7) is 6.94. The molecule has 2 nitrogen and oxygen atoms in total. The van der Waals surface area contributed by atoms with E-state index in [9.17, 15) is 8.78 Å². The van der Waals surface area contributed by atoms with E-state index < -0.39 is 11.6 Å². The van der Waals surface area contributed by atoms with Crippen LogP contribution < -0.4 is 5.32 Å². The van der Waals surface area contributed by atoms with Crippen molar-refractivity contribution in [2.75, 3.05) is 13.7 Å². The minimum atomic E-state index is -0.521. The predicted molar refractivity (Wildman–Crippen MR) is 77.8 cm³/mol. The number of nitrogens with one attached hydrogen (secondary N) is 1. The molecule has 1 aromatic carbocycles. The van der Waals surface area contributed by atoms with Gasteiger partial charge in [-0.3, -0.25) is 0 Å². The summed E-state index contributed by atoms with van der Waals surface area (Å²) in [7, 11) is 1.70. The highest BCUT2D eigenvalue weighted by Gasteiger charge is 2.19. The zero-order valence-electron chi connectivity index (χ0n) is 12.8. The summed E-state index contributed by atoms with van der Waals surface area (Å²) >= 11 is 0. The van der Waals surface area contributed by atoms with Gasteiger partial charge in [0.1, 0.15) is 11.6 Å². The number of halogens is 2. The van der Waals surface area contributed by atoms with Crippen molar-refractivity contribution in [1.29, 1.82) is 0 Å². The Morgan fingerprint density at radius 3 is 2.30 bits per heavy atom. The third kappa shape index (κ3) is 5.97. The van der Waals surface area contributed by atoms with Crippen LogP contribution in [0.4, 0.5) is 8.78 Å².